The van der Waals surface area contributed by atoms with E-state index >= 15 is 0 Å². The summed E-state index contributed by atoms with van der Waals surface area (Å²) >= 11 is 0. The summed E-state index contributed by atoms with van der Waals surface area (Å²) in [6.45, 7) is 2.49. The van der Waals surface area contributed by atoms with E-state index in [2.05, 4.69) is 14.7 Å². The topological polar surface area (TPSA) is 105 Å². The molecule has 0 aromatic carbocycles. The predicted octanol–water partition coefficient (Wildman–Crippen LogP) is 0.412. The summed E-state index contributed by atoms with van der Waals surface area (Å²) in [4.78, 5) is 15.9. The molecule has 0 bridgehead atoms. The first-order valence-corrected chi connectivity index (χ1v) is 4.17. The Balaban J connectivity index is 0.000000265. The molecule has 0 atom stereocenters. The summed E-state index contributed by atoms with van der Waals surface area (Å²) in [5, 5.41) is 7.88. The molecular formula is C9H12N4O2. The van der Waals surface area contributed by atoms with Crippen LogP contribution in [0.15, 0.2) is 29.4 Å². The van der Waals surface area contributed by atoms with E-state index in [-0.39, 0.29) is 0 Å². The van der Waals surface area contributed by atoms with Gasteiger partial charge < -0.3 is 10.5 Å². The van der Waals surface area contributed by atoms with E-state index in [1.807, 2.05) is 6.92 Å². The van der Waals surface area contributed by atoms with Gasteiger partial charge in [0.1, 0.15) is 5.82 Å². The third-order valence-corrected chi connectivity index (χ3v) is 1.10. The van der Waals surface area contributed by atoms with E-state index < -0.39 is 5.69 Å². The van der Waals surface area contributed by atoms with Gasteiger partial charge in [-0.25, -0.2) is 9.78 Å². The van der Waals surface area contributed by atoms with E-state index in [4.69, 9.17) is 11.0 Å². The first-order valence-electron chi connectivity index (χ1n) is 4.17. The number of H-pyrrole nitrogens is 1. The van der Waals surface area contributed by atoms with Crippen molar-refractivity contribution in [2.45, 2.75) is 6.92 Å². The number of rotatable bonds is 2. The molecule has 1 heterocycles. The summed E-state index contributed by atoms with van der Waals surface area (Å²) in [5.74, 6) is 0.338. The minimum Gasteiger partial charge on any atom is -0.501 e. The Bertz CT molecular complexity index is 392. The first-order chi connectivity index (χ1) is 7.20. The number of nitrogens with zero attached hydrogens (tertiary/aromatic N) is 2. The highest BCUT2D eigenvalue weighted by molar-refractivity contribution is 5.22. The van der Waals surface area contributed by atoms with Crippen LogP contribution in [-0.2, 0) is 4.74 Å². The zero-order chi connectivity index (χ0) is 11.5. The molecule has 0 aliphatic carbocycles. The molecule has 1 rings (SSSR count). The fourth-order valence-corrected chi connectivity index (χ4v) is 0.557. The standard InChI is InChI=1S/C5H7NO.C4H5N3O/c1-2-7-5-3-4-6;5-3-1-2-6-4(8)7-3/h3,5H,2H2,1H3;1-2H,(H3,5,6,7,8)/b5-3+;. The molecule has 15 heavy (non-hydrogen) atoms. The molecule has 0 amide bonds. The van der Waals surface area contributed by atoms with Gasteiger partial charge in [0.2, 0.25) is 0 Å². The SMILES string of the molecule is CCO/C=C/C#N.Nc1ccnc(=O)[nH]1. The minimum absolute atomic E-state index is 0.338. The van der Waals surface area contributed by atoms with Crippen LogP contribution < -0.4 is 11.4 Å². The molecule has 0 aliphatic rings. The Kier molecular flexibility index (Phi) is 7.05. The molecule has 0 radical (unpaired) electrons. The normalized spacial score (nSPS) is 8.80. The van der Waals surface area contributed by atoms with Gasteiger partial charge in [-0.1, -0.05) is 0 Å². The Labute approximate surface area is 87.0 Å². The van der Waals surface area contributed by atoms with Crippen molar-refractivity contribution in [1.82, 2.24) is 9.97 Å². The maximum Gasteiger partial charge on any atom is 0.346 e. The van der Waals surface area contributed by atoms with Crippen LogP contribution in [0, 0.1) is 11.3 Å². The summed E-state index contributed by atoms with van der Waals surface area (Å²) in [6.07, 6.45) is 4.03. The van der Waals surface area contributed by atoms with Crippen LogP contribution >= 0.6 is 0 Å². The van der Waals surface area contributed by atoms with Crippen molar-refractivity contribution in [2.75, 3.05) is 12.3 Å². The summed E-state index contributed by atoms with van der Waals surface area (Å²) < 4.78 is 4.67. The van der Waals surface area contributed by atoms with Crippen molar-refractivity contribution >= 4 is 5.82 Å². The largest absolute Gasteiger partial charge is 0.501 e. The highest BCUT2D eigenvalue weighted by Gasteiger charge is 1.80. The third kappa shape index (κ3) is 8.05. The summed E-state index contributed by atoms with van der Waals surface area (Å²) in [7, 11) is 0. The molecule has 1 aromatic heterocycles. The number of nitrogens with one attached hydrogen (secondary N) is 1. The van der Waals surface area contributed by atoms with Crippen LogP contribution in [0.4, 0.5) is 5.82 Å². The number of aromatic nitrogens is 2. The average Bonchev–Trinajstić information content (AvgIpc) is 2.19. The number of hydrogen-bond acceptors (Lipinski definition) is 5. The lowest BCUT2D eigenvalue weighted by atomic mass is 10.6. The molecule has 6 heteroatoms. The van der Waals surface area contributed by atoms with Crippen molar-refractivity contribution in [3.05, 3.63) is 35.1 Å². The quantitative estimate of drug-likeness (QED) is 0.541. The van der Waals surface area contributed by atoms with Crippen LogP contribution in [0.2, 0.25) is 0 Å². The molecule has 0 saturated heterocycles. The van der Waals surface area contributed by atoms with Crippen LogP contribution in [0.5, 0.6) is 0 Å². The van der Waals surface area contributed by atoms with Crippen LogP contribution in [0.3, 0.4) is 0 Å². The van der Waals surface area contributed by atoms with Gasteiger partial charge in [0.25, 0.3) is 0 Å². The Morgan fingerprint density at radius 2 is 2.53 bits per heavy atom. The first kappa shape index (κ1) is 12.7. The van der Waals surface area contributed by atoms with Gasteiger partial charge in [0, 0.05) is 6.20 Å². The van der Waals surface area contributed by atoms with Crippen molar-refractivity contribution in [3.63, 3.8) is 0 Å². The molecule has 6 nitrogen and oxygen atoms in total. The zero-order valence-electron chi connectivity index (χ0n) is 8.30. The monoisotopic (exact) mass is 208 g/mol. The van der Waals surface area contributed by atoms with Crippen LogP contribution in [0.1, 0.15) is 6.92 Å². The second-order valence-electron chi connectivity index (χ2n) is 2.22. The van der Waals surface area contributed by atoms with Gasteiger partial charge >= 0.3 is 5.69 Å². The van der Waals surface area contributed by atoms with Crippen molar-refractivity contribution in [3.8, 4) is 6.07 Å². The molecule has 3 N–H and O–H groups in total. The number of nitrogen functional groups attached to an aromatic ring is 1. The molecule has 0 aliphatic heterocycles. The van der Waals surface area contributed by atoms with Gasteiger partial charge in [-0.05, 0) is 13.0 Å². The fraction of sp³-hybridized carbons (Fsp3) is 0.222. The number of nitrogens with two attached hydrogens (primary N) is 1. The molecule has 1 aromatic rings. The maximum absolute atomic E-state index is 10.2. The van der Waals surface area contributed by atoms with Gasteiger partial charge in [-0.15, -0.1) is 0 Å². The molecule has 0 unspecified atom stereocenters. The number of allylic oxidation sites excluding steroid dienone is 1. The second kappa shape index (κ2) is 8.31. The van der Waals surface area contributed by atoms with Gasteiger partial charge in [-0.3, -0.25) is 4.98 Å². The van der Waals surface area contributed by atoms with E-state index in [1.54, 1.807) is 6.07 Å². The second-order valence-corrected chi connectivity index (χ2v) is 2.22. The summed E-state index contributed by atoms with van der Waals surface area (Å²) in [6, 6.07) is 3.31. The fourth-order valence-electron chi connectivity index (χ4n) is 0.557. The van der Waals surface area contributed by atoms with Gasteiger partial charge in [-0.2, -0.15) is 5.26 Å². The van der Waals surface area contributed by atoms with Crippen molar-refractivity contribution in [1.29, 1.82) is 5.26 Å². The van der Waals surface area contributed by atoms with E-state index in [0.717, 1.165) is 0 Å². The molecule has 0 fully saturated rings. The van der Waals surface area contributed by atoms with E-state index in [0.29, 0.717) is 12.4 Å². The van der Waals surface area contributed by atoms with Crippen LogP contribution in [0.25, 0.3) is 0 Å². The summed E-state index contributed by atoms with van der Waals surface area (Å²) in [5.41, 5.74) is 4.75. The van der Waals surface area contributed by atoms with E-state index in [1.165, 1.54) is 24.6 Å². The number of hydrogen-bond donors (Lipinski definition) is 2. The smallest absolute Gasteiger partial charge is 0.346 e. The number of aromatic amines is 1. The zero-order valence-corrected chi connectivity index (χ0v) is 8.30. The number of anilines is 1. The molecule has 0 spiro atoms. The lowest BCUT2D eigenvalue weighted by Gasteiger charge is -1.85. The van der Waals surface area contributed by atoms with E-state index in [9.17, 15) is 4.79 Å². The highest BCUT2D eigenvalue weighted by atomic mass is 16.5. The van der Waals surface area contributed by atoms with Gasteiger partial charge in [0.15, 0.2) is 0 Å². The van der Waals surface area contributed by atoms with Gasteiger partial charge in [0.05, 0.1) is 25.0 Å². The van der Waals surface area contributed by atoms with Crippen LogP contribution in [-0.4, -0.2) is 16.6 Å². The Morgan fingerprint density at radius 1 is 1.80 bits per heavy atom. The molecular weight excluding hydrogens is 196 g/mol. The van der Waals surface area contributed by atoms with Crippen molar-refractivity contribution in [2.24, 2.45) is 0 Å². The minimum atomic E-state index is -0.412. The predicted molar refractivity (Wildman–Crippen MR) is 55.6 cm³/mol. The molecule has 0 saturated carbocycles. The Morgan fingerprint density at radius 3 is 2.93 bits per heavy atom. The Hall–Kier alpha value is -2.29. The maximum atomic E-state index is 10.2. The lowest BCUT2D eigenvalue weighted by molar-refractivity contribution is 0.269. The number of nitriles is 1. The van der Waals surface area contributed by atoms with Crippen molar-refractivity contribution < 1.29 is 4.74 Å². The molecule has 80 valence electrons. The number of ether oxygens (including phenoxy) is 1. The lowest BCUT2D eigenvalue weighted by Crippen LogP contribution is -2.10. The highest BCUT2D eigenvalue weighted by Crippen LogP contribution is 1.82. The third-order valence-electron chi connectivity index (χ3n) is 1.10. The average molecular weight is 208 g/mol.